The lowest BCUT2D eigenvalue weighted by Gasteiger charge is -2.12. The standard InChI is InChI=1S/C10H13N3O2/c14-13(15)10-9(6-3-7-11-10)12-8-4-1-2-5-8/h3,6-8,12H,1-2,4-5H2. The molecule has 0 bridgehead atoms. The van der Waals surface area contributed by atoms with Gasteiger partial charge in [0.25, 0.3) is 0 Å². The Labute approximate surface area is 87.7 Å². The molecule has 1 N–H and O–H groups in total. The topological polar surface area (TPSA) is 68.1 Å². The molecule has 15 heavy (non-hydrogen) atoms. The van der Waals surface area contributed by atoms with Gasteiger partial charge < -0.3 is 15.4 Å². The molecule has 0 radical (unpaired) electrons. The Kier molecular flexibility index (Phi) is 2.80. The fraction of sp³-hybridized carbons (Fsp3) is 0.500. The van der Waals surface area contributed by atoms with Crippen molar-refractivity contribution in [3.63, 3.8) is 0 Å². The van der Waals surface area contributed by atoms with Crippen molar-refractivity contribution in [3.8, 4) is 0 Å². The van der Waals surface area contributed by atoms with E-state index in [1.54, 1.807) is 12.1 Å². The zero-order valence-electron chi connectivity index (χ0n) is 8.35. The molecule has 0 aromatic carbocycles. The zero-order chi connectivity index (χ0) is 10.7. The van der Waals surface area contributed by atoms with Gasteiger partial charge in [0.1, 0.15) is 11.9 Å². The second-order valence-corrected chi connectivity index (χ2v) is 3.76. The van der Waals surface area contributed by atoms with E-state index in [2.05, 4.69) is 10.3 Å². The van der Waals surface area contributed by atoms with Crippen molar-refractivity contribution >= 4 is 11.5 Å². The van der Waals surface area contributed by atoms with Crippen LogP contribution < -0.4 is 5.32 Å². The molecule has 5 nitrogen and oxygen atoms in total. The Morgan fingerprint density at radius 2 is 2.20 bits per heavy atom. The smallest absolute Gasteiger partial charge is 0.375 e. The van der Waals surface area contributed by atoms with E-state index in [9.17, 15) is 10.1 Å². The van der Waals surface area contributed by atoms with Gasteiger partial charge >= 0.3 is 5.82 Å². The highest BCUT2D eigenvalue weighted by molar-refractivity contribution is 5.57. The summed E-state index contributed by atoms with van der Waals surface area (Å²) in [5.74, 6) is -0.0793. The number of rotatable bonds is 3. The average molecular weight is 207 g/mol. The first-order chi connectivity index (χ1) is 7.27. The van der Waals surface area contributed by atoms with Crippen LogP contribution in [0.5, 0.6) is 0 Å². The first kappa shape index (κ1) is 9.89. The molecule has 1 aliphatic carbocycles. The van der Waals surface area contributed by atoms with E-state index < -0.39 is 4.92 Å². The van der Waals surface area contributed by atoms with Crippen LogP contribution in [0.15, 0.2) is 18.3 Å². The third kappa shape index (κ3) is 2.23. The molecular formula is C10H13N3O2. The molecule has 80 valence electrons. The highest BCUT2D eigenvalue weighted by Crippen LogP contribution is 2.26. The summed E-state index contributed by atoms with van der Waals surface area (Å²) in [4.78, 5) is 14.0. The maximum absolute atomic E-state index is 10.7. The van der Waals surface area contributed by atoms with Crippen molar-refractivity contribution in [2.45, 2.75) is 31.7 Å². The van der Waals surface area contributed by atoms with E-state index in [-0.39, 0.29) is 5.82 Å². The van der Waals surface area contributed by atoms with Gasteiger partial charge in [0.2, 0.25) is 0 Å². The zero-order valence-corrected chi connectivity index (χ0v) is 8.35. The second kappa shape index (κ2) is 4.25. The lowest BCUT2D eigenvalue weighted by molar-refractivity contribution is -0.388. The predicted molar refractivity (Wildman–Crippen MR) is 56.8 cm³/mol. The molecule has 0 atom stereocenters. The van der Waals surface area contributed by atoms with Gasteiger partial charge in [0, 0.05) is 6.04 Å². The molecule has 1 aliphatic rings. The fourth-order valence-electron chi connectivity index (χ4n) is 1.95. The van der Waals surface area contributed by atoms with Crippen LogP contribution in [0.3, 0.4) is 0 Å². The summed E-state index contributed by atoms with van der Waals surface area (Å²) >= 11 is 0. The summed E-state index contributed by atoms with van der Waals surface area (Å²) < 4.78 is 0. The van der Waals surface area contributed by atoms with Crippen molar-refractivity contribution < 1.29 is 4.92 Å². The van der Waals surface area contributed by atoms with Crippen molar-refractivity contribution in [3.05, 3.63) is 28.4 Å². The van der Waals surface area contributed by atoms with Crippen LogP contribution in [-0.4, -0.2) is 15.9 Å². The first-order valence-electron chi connectivity index (χ1n) is 5.13. The molecule has 1 heterocycles. The maximum Gasteiger partial charge on any atom is 0.386 e. The number of anilines is 1. The van der Waals surface area contributed by atoms with Gasteiger partial charge in [0.15, 0.2) is 0 Å². The highest BCUT2D eigenvalue weighted by atomic mass is 16.6. The number of pyridine rings is 1. The normalized spacial score (nSPS) is 16.5. The molecule has 1 aromatic heterocycles. The highest BCUT2D eigenvalue weighted by Gasteiger charge is 2.20. The van der Waals surface area contributed by atoms with Gasteiger partial charge in [-0.25, -0.2) is 0 Å². The summed E-state index contributed by atoms with van der Waals surface area (Å²) in [5.41, 5.74) is 0.536. The Balaban J connectivity index is 2.15. The van der Waals surface area contributed by atoms with Gasteiger partial charge in [-0.05, 0) is 34.9 Å². The van der Waals surface area contributed by atoms with E-state index >= 15 is 0 Å². The molecule has 1 saturated carbocycles. The predicted octanol–water partition coefficient (Wildman–Crippen LogP) is 2.34. The van der Waals surface area contributed by atoms with Crippen LogP contribution in [0.4, 0.5) is 11.5 Å². The van der Waals surface area contributed by atoms with Gasteiger partial charge in [-0.3, -0.25) is 0 Å². The monoisotopic (exact) mass is 207 g/mol. The molecule has 0 saturated heterocycles. The largest absolute Gasteiger partial charge is 0.386 e. The van der Waals surface area contributed by atoms with E-state index in [1.807, 2.05) is 0 Å². The molecule has 1 fully saturated rings. The van der Waals surface area contributed by atoms with Crippen molar-refractivity contribution in [2.75, 3.05) is 5.32 Å². The summed E-state index contributed by atoms with van der Waals surface area (Å²) in [6.45, 7) is 0. The maximum atomic E-state index is 10.7. The van der Waals surface area contributed by atoms with Crippen LogP contribution in [0, 0.1) is 10.1 Å². The van der Waals surface area contributed by atoms with Crippen molar-refractivity contribution in [1.29, 1.82) is 0 Å². The summed E-state index contributed by atoms with van der Waals surface area (Å²) in [6, 6.07) is 3.79. The lowest BCUT2D eigenvalue weighted by atomic mass is 10.2. The third-order valence-corrected chi connectivity index (χ3v) is 2.67. The molecule has 0 amide bonds. The minimum absolute atomic E-state index is 0.0793. The summed E-state index contributed by atoms with van der Waals surface area (Å²) in [5, 5.41) is 13.9. The Morgan fingerprint density at radius 3 is 2.87 bits per heavy atom. The molecular weight excluding hydrogens is 194 g/mol. The minimum Gasteiger partial charge on any atom is -0.375 e. The third-order valence-electron chi connectivity index (χ3n) is 2.67. The quantitative estimate of drug-likeness (QED) is 0.610. The SMILES string of the molecule is O=[N+]([O-])c1ncccc1NC1CCCC1. The van der Waals surface area contributed by atoms with Crippen molar-refractivity contribution in [2.24, 2.45) is 0 Å². The molecule has 2 rings (SSSR count). The number of nitrogens with one attached hydrogen (secondary N) is 1. The molecule has 1 aromatic rings. The molecule has 5 heteroatoms. The van der Waals surface area contributed by atoms with E-state index in [0.29, 0.717) is 11.7 Å². The van der Waals surface area contributed by atoms with Crippen LogP contribution in [0.25, 0.3) is 0 Å². The number of nitrogens with zero attached hydrogens (tertiary/aromatic N) is 2. The average Bonchev–Trinajstić information content (AvgIpc) is 2.71. The summed E-state index contributed by atoms with van der Waals surface area (Å²) in [7, 11) is 0. The van der Waals surface area contributed by atoms with Gasteiger partial charge in [0.05, 0.1) is 0 Å². The number of nitro groups is 1. The molecule has 0 aliphatic heterocycles. The van der Waals surface area contributed by atoms with Crippen LogP contribution in [0.1, 0.15) is 25.7 Å². The van der Waals surface area contributed by atoms with E-state index in [4.69, 9.17) is 0 Å². The fourth-order valence-corrected chi connectivity index (χ4v) is 1.95. The Hall–Kier alpha value is -1.65. The van der Waals surface area contributed by atoms with E-state index in [0.717, 1.165) is 12.8 Å². The van der Waals surface area contributed by atoms with Crippen molar-refractivity contribution in [1.82, 2.24) is 4.98 Å². The van der Waals surface area contributed by atoms with Crippen LogP contribution in [0.2, 0.25) is 0 Å². The Bertz CT molecular complexity index is 361. The number of hydrogen-bond acceptors (Lipinski definition) is 4. The second-order valence-electron chi connectivity index (χ2n) is 3.76. The summed E-state index contributed by atoms with van der Waals surface area (Å²) in [6.07, 6.45) is 6.02. The van der Waals surface area contributed by atoms with E-state index in [1.165, 1.54) is 19.0 Å². The minimum atomic E-state index is -0.447. The van der Waals surface area contributed by atoms with Crippen LogP contribution >= 0.6 is 0 Å². The number of hydrogen-bond donors (Lipinski definition) is 1. The Morgan fingerprint density at radius 1 is 1.47 bits per heavy atom. The van der Waals surface area contributed by atoms with Crippen LogP contribution in [-0.2, 0) is 0 Å². The lowest BCUT2D eigenvalue weighted by Crippen LogP contribution is -2.15. The molecule has 0 spiro atoms. The van der Waals surface area contributed by atoms with Gasteiger partial charge in [-0.15, -0.1) is 0 Å². The first-order valence-corrected chi connectivity index (χ1v) is 5.13. The van der Waals surface area contributed by atoms with Gasteiger partial charge in [-0.2, -0.15) is 0 Å². The molecule has 0 unspecified atom stereocenters. The van der Waals surface area contributed by atoms with Gasteiger partial charge in [-0.1, -0.05) is 12.8 Å². The number of aromatic nitrogens is 1.